The Labute approximate surface area is 138 Å². The van der Waals surface area contributed by atoms with E-state index in [9.17, 15) is 14.4 Å². The van der Waals surface area contributed by atoms with Gasteiger partial charge in [-0.05, 0) is 30.7 Å². The minimum Gasteiger partial charge on any atom is -0.383 e. The molecule has 0 bridgehead atoms. The molecule has 1 spiro atoms. The fourth-order valence-corrected chi connectivity index (χ4v) is 4.18. The Kier molecular flexibility index (Phi) is 4.36. The number of methoxy groups -OCH3 is 1. The van der Waals surface area contributed by atoms with E-state index in [-0.39, 0.29) is 18.4 Å². The number of carbonyl (C=O) groups excluding carboxylic acids is 3. The predicted octanol–water partition coefficient (Wildman–Crippen LogP) is 0.594. The van der Waals surface area contributed by atoms with Crippen LogP contribution in [-0.2, 0) is 26.3 Å². The van der Waals surface area contributed by atoms with Crippen molar-refractivity contribution < 1.29 is 19.1 Å². The van der Waals surface area contributed by atoms with Gasteiger partial charge in [0.1, 0.15) is 12.1 Å². The van der Waals surface area contributed by atoms with Crippen molar-refractivity contribution in [1.29, 1.82) is 0 Å². The van der Waals surface area contributed by atoms with Crippen LogP contribution in [0.4, 0.5) is 4.79 Å². The number of carbonyl (C=O) groups is 3. The monoisotopic (exact) mass is 337 g/mol. The number of thiophene rings is 1. The second-order valence-electron chi connectivity index (χ2n) is 5.68. The molecule has 1 aromatic rings. The minimum atomic E-state index is -0.989. The van der Waals surface area contributed by atoms with E-state index in [1.165, 1.54) is 7.11 Å². The van der Waals surface area contributed by atoms with Gasteiger partial charge in [0.25, 0.3) is 5.91 Å². The molecule has 2 heterocycles. The lowest BCUT2D eigenvalue weighted by Crippen LogP contribution is -2.47. The molecule has 1 atom stereocenters. The lowest BCUT2D eigenvalue weighted by Gasteiger charge is -2.31. The molecule has 0 aromatic carbocycles. The number of rotatable bonds is 5. The Hall–Kier alpha value is -1.93. The molecular formula is C15H19N3O4S. The molecule has 0 unspecified atom stereocenters. The highest BCUT2D eigenvalue weighted by atomic mass is 32.1. The molecule has 1 aromatic heterocycles. The first-order valence-electron chi connectivity index (χ1n) is 7.55. The van der Waals surface area contributed by atoms with Crippen LogP contribution in [0.1, 0.15) is 23.3 Å². The number of hydrogen-bond acceptors (Lipinski definition) is 5. The summed E-state index contributed by atoms with van der Waals surface area (Å²) < 4.78 is 4.85. The first kappa shape index (κ1) is 15.9. The van der Waals surface area contributed by atoms with E-state index in [4.69, 9.17) is 4.74 Å². The van der Waals surface area contributed by atoms with Crippen LogP contribution in [0, 0.1) is 0 Å². The summed E-state index contributed by atoms with van der Waals surface area (Å²) in [6.45, 7) is 0.461. The van der Waals surface area contributed by atoms with E-state index >= 15 is 0 Å². The number of ether oxygens (including phenoxy) is 1. The zero-order valence-corrected chi connectivity index (χ0v) is 13.7. The Bertz CT molecular complexity index is 644. The molecule has 8 heteroatoms. The van der Waals surface area contributed by atoms with Crippen LogP contribution >= 0.6 is 11.3 Å². The van der Waals surface area contributed by atoms with E-state index in [1.807, 2.05) is 11.4 Å². The van der Waals surface area contributed by atoms with Gasteiger partial charge in [-0.3, -0.25) is 14.5 Å². The number of nitrogens with one attached hydrogen (secondary N) is 2. The summed E-state index contributed by atoms with van der Waals surface area (Å²) in [6, 6.07) is 1.40. The van der Waals surface area contributed by atoms with Gasteiger partial charge >= 0.3 is 6.03 Å². The van der Waals surface area contributed by atoms with Crippen LogP contribution < -0.4 is 10.6 Å². The van der Waals surface area contributed by atoms with Crippen molar-refractivity contribution in [3.63, 3.8) is 0 Å². The first-order chi connectivity index (χ1) is 11.1. The molecule has 1 saturated heterocycles. The number of imide groups is 1. The molecule has 0 radical (unpaired) electrons. The van der Waals surface area contributed by atoms with Crippen molar-refractivity contribution in [2.45, 2.75) is 24.8 Å². The van der Waals surface area contributed by atoms with E-state index in [1.54, 1.807) is 11.3 Å². The number of amides is 4. The number of urea groups is 1. The van der Waals surface area contributed by atoms with Gasteiger partial charge in [0.05, 0.1) is 6.61 Å². The summed E-state index contributed by atoms with van der Waals surface area (Å²) >= 11 is 1.60. The van der Waals surface area contributed by atoms with E-state index in [0.29, 0.717) is 19.6 Å². The van der Waals surface area contributed by atoms with Crippen LogP contribution in [0.25, 0.3) is 0 Å². The highest BCUT2D eigenvalue weighted by Crippen LogP contribution is 2.41. The van der Waals surface area contributed by atoms with Crippen molar-refractivity contribution in [2.75, 3.05) is 26.8 Å². The molecule has 1 aliphatic heterocycles. The molecule has 3 rings (SSSR count). The minimum absolute atomic E-state index is 0.268. The Morgan fingerprint density at radius 1 is 1.52 bits per heavy atom. The standard InChI is InChI=1S/C15H19N3O4S/c1-22-7-6-16-12(19)9-18-13(20)15(17-14(18)21)5-2-3-11-10(15)4-8-23-11/h4,8H,2-3,5-7,9H2,1H3,(H,16,19)(H,17,21)/t15-/m1/s1. The number of aryl methyl sites for hydroxylation is 1. The van der Waals surface area contributed by atoms with Crippen molar-refractivity contribution >= 4 is 29.2 Å². The average molecular weight is 337 g/mol. The van der Waals surface area contributed by atoms with Gasteiger partial charge < -0.3 is 15.4 Å². The molecule has 124 valence electrons. The maximum atomic E-state index is 12.9. The molecule has 23 heavy (non-hydrogen) atoms. The van der Waals surface area contributed by atoms with Gasteiger partial charge in [-0.25, -0.2) is 4.79 Å². The SMILES string of the molecule is COCCNC(=O)CN1C(=O)N[C@@]2(CCCc3sccc32)C1=O. The lowest BCUT2D eigenvalue weighted by molar-refractivity contribution is -0.135. The van der Waals surface area contributed by atoms with E-state index < -0.39 is 11.6 Å². The molecule has 1 fully saturated rings. The Morgan fingerprint density at radius 3 is 3.13 bits per heavy atom. The fourth-order valence-electron chi connectivity index (χ4n) is 3.18. The highest BCUT2D eigenvalue weighted by Gasteiger charge is 2.54. The smallest absolute Gasteiger partial charge is 0.325 e. The van der Waals surface area contributed by atoms with Crippen molar-refractivity contribution in [2.24, 2.45) is 0 Å². The Balaban J connectivity index is 1.75. The molecule has 2 N–H and O–H groups in total. The van der Waals surface area contributed by atoms with Crippen LogP contribution in [0.5, 0.6) is 0 Å². The molecule has 1 aliphatic carbocycles. The van der Waals surface area contributed by atoms with Gasteiger partial charge in [0, 0.05) is 24.1 Å². The molecule has 4 amide bonds. The second kappa shape index (κ2) is 6.29. The van der Waals surface area contributed by atoms with Gasteiger partial charge in [-0.2, -0.15) is 0 Å². The second-order valence-corrected chi connectivity index (χ2v) is 6.68. The topological polar surface area (TPSA) is 87.7 Å². The van der Waals surface area contributed by atoms with Crippen molar-refractivity contribution in [3.8, 4) is 0 Å². The molecule has 2 aliphatic rings. The van der Waals surface area contributed by atoms with Crippen molar-refractivity contribution in [3.05, 3.63) is 21.9 Å². The summed E-state index contributed by atoms with van der Waals surface area (Å²) in [7, 11) is 1.54. The van der Waals surface area contributed by atoms with Gasteiger partial charge in [-0.15, -0.1) is 11.3 Å². The number of nitrogens with zero attached hydrogens (tertiary/aromatic N) is 1. The summed E-state index contributed by atoms with van der Waals surface area (Å²) in [5.41, 5.74) is -0.105. The average Bonchev–Trinajstić information content (AvgIpc) is 3.09. The summed E-state index contributed by atoms with van der Waals surface area (Å²) in [4.78, 5) is 39.1. The maximum Gasteiger partial charge on any atom is 0.325 e. The lowest BCUT2D eigenvalue weighted by atomic mass is 9.80. The molecular weight excluding hydrogens is 318 g/mol. The number of hydrogen-bond donors (Lipinski definition) is 2. The normalized spacial score (nSPS) is 23.1. The molecule has 0 saturated carbocycles. The Morgan fingerprint density at radius 2 is 2.35 bits per heavy atom. The van der Waals surface area contributed by atoms with Crippen LogP contribution in [0.3, 0.4) is 0 Å². The van der Waals surface area contributed by atoms with Crippen LogP contribution in [0.15, 0.2) is 11.4 Å². The van der Waals surface area contributed by atoms with Crippen LogP contribution in [-0.4, -0.2) is 49.6 Å². The third-order valence-corrected chi connectivity index (χ3v) is 5.25. The first-order valence-corrected chi connectivity index (χ1v) is 8.43. The largest absolute Gasteiger partial charge is 0.383 e. The third kappa shape index (κ3) is 2.72. The third-order valence-electron chi connectivity index (χ3n) is 4.27. The van der Waals surface area contributed by atoms with E-state index in [0.717, 1.165) is 28.2 Å². The quantitative estimate of drug-likeness (QED) is 0.608. The van der Waals surface area contributed by atoms with Crippen LogP contribution in [0.2, 0.25) is 0 Å². The van der Waals surface area contributed by atoms with E-state index in [2.05, 4.69) is 10.6 Å². The van der Waals surface area contributed by atoms with Gasteiger partial charge in [-0.1, -0.05) is 0 Å². The zero-order chi connectivity index (χ0) is 16.4. The number of fused-ring (bicyclic) bond motifs is 2. The molecule has 7 nitrogen and oxygen atoms in total. The van der Waals surface area contributed by atoms with Gasteiger partial charge in [0.15, 0.2) is 0 Å². The predicted molar refractivity (Wildman–Crippen MR) is 84.1 cm³/mol. The highest BCUT2D eigenvalue weighted by molar-refractivity contribution is 7.10. The summed E-state index contributed by atoms with van der Waals surface area (Å²) in [5.74, 6) is -0.701. The summed E-state index contributed by atoms with van der Waals surface area (Å²) in [6.07, 6.45) is 2.34. The van der Waals surface area contributed by atoms with Crippen molar-refractivity contribution in [1.82, 2.24) is 15.5 Å². The fraction of sp³-hybridized carbons (Fsp3) is 0.533. The maximum absolute atomic E-state index is 12.9. The van der Waals surface area contributed by atoms with Gasteiger partial charge in [0.2, 0.25) is 5.91 Å². The zero-order valence-electron chi connectivity index (χ0n) is 12.9. The summed E-state index contributed by atoms with van der Waals surface area (Å²) in [5, 5.41) is 7.39.